The van der Waals surface area contributed by atoms with Crippen molar-refractivity contribution in [3.8, 4) is 5.75 Å². The molecular formula is C17H21BrO. The van der Waals surface area contributed by atoms with E-state index in [0.29, 0.717) is 5.41 Å². The van der Waals surface area contributed by atoms with E-state index in [-0.39, 0.29) is 0 Å². The fourth-order valence-electron chi connectivity index (χ4n) is 5.48. The van der Waals surface area contributed by atoms with Crippen molar-refractivity contribution in [1.29, 1.82) is 0 Å². The lowest BCUT2D eigenvalue weighted by Gasteiger charge is -2.57. The average molecular weight is 321 g/mol. The maximum atomic E-state index is 5.45. The van der Waals surface area contributed by atoms with Gasteiger partial charge in [-0.2, -0.15) is 0 Å². The first kappa shape index (κ1) is 12.3. The standard InChI is InChI=1S/C17H21BrO/c1-19-14-2-3-16(18)15(7-14)17-8-11-4-12(9-17)6-13(5-11)10-17/h2-3,7,11-13H,4-6,8-10H2,1H3. The molecule has 0 saturated heterocycles. The predicted molar refractivity (Wildman–Crippen MR) is 80.5 cm³/mol. The Balaban J connectivity index is 1.79. The molecule has 102 valence electrons. The van der Waals surface area contributed by atoms with Crippen molar-refractivity contribution in [3.05, 3.63) is 28.2 Å². The van der Waals surface area contributed by atoms with Crippen LogP contribution in [0.1, 0.15) is 44.1 Å². The van der Waals surface area contributed by atoms with Gasteiger partial charge in [-0.1, -0.05) is 15.9 Å². The second-order valence-corrected chi connectivity index (χ2v) is 7.90. The molecule has 0 radical (unpaired) electrons. The second-order valence-electron chi connectivity index (χ2n) is 7.04. The van der Waals surface area contributed by atoms with Gasteiger partial charge < -0.3 is 4.74 Å². The van der Waals surface area contributed by atoms with Gasteiger partial charge in [-0.05, 0) is 85.5 Å². The smallest absolute Gasteiger partial charge is 0.119 e. The summed E-state index contributed by atoms with van der Waals surface area (Å²) >= 11 is 3.79. The molecule has 5 rings (SSSR count). The van der Waals surface area contributed by atoms with E-state index < -0.39 is 0 Å². The van der Waals surface area contributed by atoms with E-state index in [1.54, 1.807) is 7.11 Å². The highest BCUT2D eigenvalue weighted by atomic mass is 79.9. The number of rotatable bonds is 2. The van der Waals surface area contributed by atoms with Gasteiger partial charge in [0.25, 0.3) is 0 Å². The second kappa shape index (κ2) is 4.25. The normalized spacial score (nSPS) is 39.6. The van der Waals surface area contributed by atoms with Crippen LogP contribution in [0.4, 0.5) is 0 Å². The zero-order chi connectivity index (χ0) is 13.0. The summed E-state index contributed by atoms with van der Waals surface area (Å²) in [7, 11) is 1.77. The van der Waals surface area contributed by atoms with Gasteiger partial charge in [-0.15, -0.1) is 0 Å². The van der Waals surface area contributed by atoms with E-state index in [4.69, 9.17) is 4.74 Å². The number of hydrogen-bond acceptors (Lipinski definition) is 1. The van der Waals surface area contributed by atoms with Crippen LogP contribution < -0.4 is 4.74 Å². The fraction of sp³-hybridized carbons (Fsp3) is 0.647. The van der Waals surface area contributed by atoms with E-state index in [1.807, 2.05) is 0 Å². The molecule has 0 amide bonds. The van der Waals surface area contributed by atoms with E-state index in [0.717, 1.165) is 23.5 Å². The maximum absolute atomic E-state index is 5.45. The molecule has 1 aromatic rings. The molecule has 0 unspecified atom stereocenters. The van der Waals surface area contributed by atoms with Crippen molar-refractivity contribution in [2.24, 2.45) is 17.8 Å². The third kappa shape index (κ3) is 1.86. The number of methoxy groups -OCH3 is 1. The lowest BCUT2D eigenvalue weighted by Crippen LogP contribution is -2.48. The molecule has 4 saturated carbocycles. The minimum Gasteiger partial charge on any atom is -0.497 e. The molecule has 4 aliphatic carbocycles. The Morgan fingerprint density at radius 2 is 1.63 bits per heavy atom. The SMILES string of the molecule is COc1ccc(Br)c(C23CC4CC(CC(C4)C2)C3)c1. The molecule has 0 atom stereocenters. The molecule has 2 heteroatoms. The number of halogens is 1. The van der Waals surface area contributed by atoms with Gasteiger partial charge in [0.05, 0.1) is 7.11 Å². The summed E-state index contributed by atoms with van der Waals surface area (Å²) in [5, 5.41) is 0. The number of ether oxygens (including phenoxy) is 1. The highest BCUT2D eigenvalue weighted by molar-refractivity contribution is 9.10. The van der Waals surface area contributed by atoms with Crippen LogP contribution in [0.3, 0.4) is 0 Å². The lowest BCUT2D eigenvalue weighted by molar-refractivity contribution is -0.00559. The van der Waals surface area contributed by atoms with Crippen LogP contribution in [-0.2, 0) is 5.41 Å². The summed E-state index contributed by atoms with van der Waals surface area (Å²) in [4.78, 5) is 0. The Bertz CT molecular complexity index is 473. The molecule has 1 aromatic carbocycles. The third-order valence-corrected chi connectivity index (χ3v) is 6.47. The summed E-state index contributed by atoms with van der Waals surface area (Å²) < 4.78 is 6.74. The first-order valence-electron chi connectivity index (χ1n) is 7.52. The van der Waals surface area contributed by atoms with E-state index in [1.165, 1.54) is 48.6 Å². The highest BCUT2D eigenvalue weighted by Crippen LogP contribution is 2.61. The van der Waals surface area contributed by atoms with Crippen LogP contribution in [0, 0.1) is 17.8 Å². The molecule has 4 fully saturated rings. The van der Waals surface area contributed by atoms with Gasteiger partial charge in [0.1, 0.15) is 5.75 Å². The first-order valence-corrected chi connectivity index (χ1v) is 8.32. The van der Waals surface area contributed by atoms with Gasteiger partial charge in [0, 0.05) is 4.47 Å². The Labute approximate surface area is 123 Å². The maximum Gasteiger partial charge on any atom is 0.119 e. The molecule has 4 bridgehead atoms. The van der Waals surface area contributed by atoms with Crippen molar-refractivity contribution < 1.29 is 4.74 Å². The quantitative estimate of drug-likeness (QED) is 0.751. The first-order chi connectivity index (χ1) is 9.18. The van der Waals surface area contributed by atoms with Gasteiger partial charge in [0.2, 0.25) is 0 Å². The van der Waals surface area contributed by atoms with E-state index in [2.05, 4.69) is 34.1 Å². The van der Waals surface area contributed by atoms with Crippen LogP contribution in [0.5, 0.6) is 5.75 Å². The van der Waals surface area contributed by atoms with Crippen LogP contribution in [0.2, 0.25) is 0 Å². The Hall–Kier alpha value is -0.500. The minimum atomic E-state index is 0.447. The zero-order valence-electron chi connectivity index (χ0n) is 11.5. The Morgan fingerprint density at radius 3 is 2.16 bits per heavy atom. The van der Waals surface area contributed by atoms with Crippen molar-refractivity contribution >= 4 is 15.9 Å². The number of benzene rings is 1. The van der Waals surface area contributed by atoms with Crippen LogP contribution >= 0.6 is 15.9 Å². The molecular weight excluding hydrogens is 300 g/mol. The molecule has 1 nitrogen and oxygen atoms in total. The third-order valence-electron chi connectivity index (χ3n) is 5.78. The monoisotopic (exact) mass is 320 g/mol. The summed E-state index contributed by atoms with van der Waals surface area (Å²) in [6.07, 6.45) is 8.73. The fourth-order valence-corrected chi connectivity index (χ4v) is 6.15. The van der Waals surface area contributed by atoms with Crippen molar-refractivity contribution in [1.82, 2.24) is 0 Å². The molecule has 0 N–H and O–H groups in total. The molecule has 4 aliphatic rings. The molecule has 0 aromatic heterocycles. The predicted octanol–water partition coefficient (Wildman–Crippen LogP) is 4.93. The van der Waals surface area contributed by atoms with Crippen molar-refractivity contribution in [3.63, 3.8) is 0 Å². The summed E-state index contributed by atoms with van der Waals surface area (Å²) in [6.45, 7) is 0. The van der Waals surface area contributed by atoms with Gasteiger partial charge in [0.15, 0.2) is 0 Å². The van der Waals surface area contributed by atoms with E-state index >= 15 is 0 Å². The summed E-state index contributed by atoms with van der Waals surface area (Å²) in [6, 6.07) is 6.53. The van der Waals surface area contributed by atoms with Crippen molar-refractivity contribution in [2.75, 3.05) is 7.11 Å². The largest absolute Gasteiger partial charge is 0.497 e. The van der Waals surface area contributed by atoms with Crippen LogP contribution in [0.25, 0.3) is 0 Å². The van der Waals surface area contributed by atoms with Gasteiger partial charge >= 0.3 is 0 Å². The lowest BCUT2D eigenvalue weighted by atomic mass is 9.48. The van der Waals surface area contributed by atoms with Gasteiger partial charge in [-0.3, -0.25) is 0 Å². The van der Waals surface area contributed by atoms with E-state index in [9.17, 15) is 0 Å². The molecule has 0 spiro atoms. The van der Waals surface area contributed by atoms with Crippen molar-refractivity contribution in [2.45, 2.75) is 43.9 Å². The topological polar surface area (TPSA) is 9.23 Å². The average Bonchev–Trinajstić information content (AvgIpc) is 2.37. The number of hydrogen-bond donors (Lipinski definition) is 0. The minimum absolute atomic E-state index is 0.447. The summed E-state index contributed by atoms with van der Waals surface area (Å²) in [5.41, 5.74) is 1.97. The Kier molecular flexibility index (Phi) is 2.74. The molecule has 19 heavy (non-hydrogen) atoms. The highest BCUT2D eigenvalue weighted by Gasteiger charge is 2.52. The molecule has 0 aliphatic heterocycles. The zero-order valence-corrected chi connectivity index (χ0v) is 13.1. The Morgan fingerprint density at radius 1 is 1.05 bits per heavy atom. The summed E-state index contributed by atoms with van der Waals surface area (Å²) in [5.74, 6) is 3.98. The molecule has 0 heterocycles. The van der Waals surface area contributed by atoms with Crippen LogP contribution in [-0.4, -0.2) is 7.11 Å². The van der Waals surface area contributed by atoms with Crippen LogP contribution in [0.15, 0.2) is 22.7 Å². The van der Waals surface area contributed by atoms with Gasteiger partial charge in [-0.25, -0.2) is 0 Å².